The van der Waals surface area contributed by atoms with Crippen LogP contribution in [0.2, 0.25) is 0 Å². The van der Waals surface area contributed by atoms with Crippen LogP contribution in [0.3, 0.4) is 0 Å². The fourth-order valence-electron chi connectivity index (χ4n) is 2.93. The van der Waals surface area contributed by atoms with Crippen molar-refractivity contribution in [1.29, 1.82) is 0 Å². The molecule has 4 nitrogen and oxygen atoms in total. The lowest BCUT2D eigenvalue weighted by atomic mass is 10.0. The van der Waals surface area contributed by atoms with Crippen molar-refractivity contribution in [3.8, 4) is 11.5 Å². The summed E-state index contributed by atoms with van der Waals surface area (Å²) >= 11 is 3.40. The van der Waals surface area contributed by atoms with E-state index in [0.717, 1.165) is 38.2 Å². The molecule has 0 saturated carbocycles. The minimum Gasteiger partial charge on any atom is -0.503 e. The molecule has 21 heavy (non-hydrogen) atoms. The summed E-state index contributed by atoms with van der Waals surface area (Å²) in [6.45, 7) is 6.39. The van der Waals surface area contributed by atoms with Gasteiger partial charge in [0.05, 0.1) is 11.6 Å². The van der Waals surface area contributed by atoms with E-state index in [-0.39, 0.29) is 5.75 Å². The first-order valence-electron chi connectivity index (χ1n) is 7.65. The number of halogens is 1. The molecule has 1 unspecified atom stereocenters. The fraction of sp³-hybridized carbons (Fsp3) is 0.625. The third kappa shape index (κ3) is 4.34. The Labute approximate surface area is 135 Å². The summed E-state index contributed by atoms with van der Waals surface area (Å²) in [4.78, 5) is 2.53. The molecule has 0 spiro atoms. The highest BCUT2D eigenvalue weighted by Crippen LogP contribution is 2.35. The largest absolute Gasteiger partial charge is 0.503 e. The first kappa shape index (κ1) is 16.6. The van der Waals surface area contributed by atoms with Crippen molar-refractivity contribution in [2.75, 3.05) is 26.7 Å². The summed E-state index contributed by atoms with van der Waals surface area (Å²) in [6, 6.07) is 4.51. The van der Waals surface area contributed by atoms with Crippen LogP contribution in [0.5, 0.6) is 11.5 Å². The highest BCUT2D eigenvalue weighted by atomic mass is 79.9. The molecule has 5 heteroatoms. The lowest BCUT2D eigenvalue weighted by Crippen LogP contribution is -2.45. The Bertz CT molecular complexity index is 462. The van der Waals surface area contributed by atoms with Crippen LogP contribution in [0.1, 0.15) is 31.7 Å². The molecule has 0 aliphatic carbocycles. The van der Waals surface area contributed by atoms with Gasteiger partial charge in [0, 0.05) is 19.1 Å². The Balaban J connectivity index is 2.14. The van der Waals surface area contributed by atoms with Gasteiger partial charge in [0.2, 0.25) is 0 Å². The highest BCUT2D eigenvalue weighted by Gasteiger charge is 2.21. The molecule has 1 aliphatic rings. The maximum absolute atomic E-state index is 9.91. The molecule has 0 aromatic heterocycles. The van der Waals surface area contributed by atoms with Gasteiger partial charge in [-0.05, 0) is 66.0 Å². The number of rotatable bonds is 6. The average Bonchev–Trinajstić information content (AvgIpc) is 2.51. The number of phenols is 1. The average molecular weight is 357 g/mol. The minimum atomic E-state index is 0.169. The molecular formula is C16H25BrN2O2. The van der Waals surface area contributed by atoms with Crippen molar-refractivity contribution in [3.05, 3.63) is 22.2 Å². The number of ether oxygens (including phenoxy) is 1. The van der Waals surface area contributed by atoms with Crippen LogP contribution in [-0.4, -0.2) is 42.8 Å². The molecular weight excluding hydrogens is 332 g/mol. The third-order valence-electron chi connectivity index (χ3n) is 3.99. The van der Waals surface area contributed by atoms with Crippen LogP contribution >= 0.6 is 15.9 Å². The lowest BCUT2D eigenvalue weighted by molar-refractivity contribution is 0.158. The summed E-state index contributed by atoms with van der Waals surface area (Å²) in [5, 5.41) is 13.4. The van der Waals surface area contributed by atoms with Gasteiger partial charge in [0.25, 0.3) is 0 Å². The normalized spacial score (nSPS) is 19.0. The number of benzene rings is 1. The van der Waals surface area contributed by atoms with E-state index >= 15 is 0 Å². The van der Waals surface area contributed by atoms with E-state index in [4.69, 9.17) is 4.74 Å². The van der Waals surface area contributed by atoms with Crippen LogP contribution in [0.25, 0.3) is 0 Å². The lowest BCUT2D eigenvalue weighted by Gasteiger charge is -2.34. The number of nitrogens with one attached hydrogen (secondary N) is 1. The van der Waals surface area contributed by atoms with E-state index in [1.807, 2.05) is 12.1 Å². The van der Waals surface area contributed by atoms with Gasteiger partial charge in [-0.3, -0.25) is 4.90 Å². The first-order valence-corrected chi connectivity index (χ1v) is 8.45. The van der Waals surface area contributed by atoms with Crippen molar-refractivity contribution in [1.82, 2.24) is 10.2 Å². The molecule has 1 fully saturated rings. The summed E-state index contributed by atoms with van der Waals surface area (Å²) in [5.41, 5.74) is 1.16. The summed E-state index contributed by atoms with van der Waals surface area (Å²) < 4.78 is 5.93. The minimum absolute atomic E-state index is 0.169. The standard InChI is InChI=1S/C16H25BrN2O2/c1-3-7-19(13-5-4-6-18-10-13)11-12-8-14(17)16(20)15(9-12)21-2/h8-9,13,18,20H,3-7,10-11H2,1-2H3. The monoisotopic (exact) mass is 356 g/mol. The van der Waals surface area contributed by atoms with E-state index in [0.29, 0.717) is 16.3 Å². The first-order chi connectivity index (χ1) is 10.2. The predicted octanol–water partition coefficient (Wildman–Crippen LogP) is 3.13. The number of phenolic OH excluding ortho intramolecular Hbond substituents is 1. The number of aromatic hydroxyl groups is 1. The Morgan fingerprint density at radius 2 is 2.29 bits per heavy atom. The predicted molar refractivity (Wildman–Crippen MR) is 89.0 cm³/mol. The molecule has 0 radical (unpaired) electrons. The number of hydrogen-bond donors (Lipinski definition) is 2. The van der Waals surface area contributed by atoms with Gasteiger partial charge in [0.15, 0.2) is 11.5 Å². The second-order valence-corrected chi connectivity index (χ2v) is 6.45. The number of piperidine rings is 1. The van der Waals surface area contributed by atoms with Crippen LogP contribution < -0.4 is 10.1 Å². The molecule has 1 heterocycles. The molecule has 2 N–H and O–H groups in total. The molecule has 1 aromatic carbocycles. The highest BCUT2D eigenvalue weighted by molar-refractivity contribution is 9.10. The van der Waals surface area contributed by atoms with E-state index in [1.54, 1.807) is 7.11 Å². The molecule has 1 saturated heterocycles. The zero-order valence-electron chi connectivity index (χ0n) is 12.9. The maximum atomic E-state index is 9.91. The summed E-state index contributed by atoms with van der Waals surface area (Å²) in [7, 11) is 1.58. The molecule has 0 bridgehead atoms. The number of methoxy groups -OCH3 is 1. The Kier molecular flexibility index (Phi) is 6.33. The maximum Gasteiger partial charge on any atom is 0.172 e. The van der Waals surface area contributed by atoms with Crippen molar-refractivity contribution in [3.63, 3.8) is 0 Å². The topological polar surface area (TPSA) is 44.7 Å². The van der Waals surface area contributed by atoms with Crippen molar-refractivity contribution >= 4 is 15.9 Å². The van der Waals surface area contributed by atoms with Gasteiger partial charge >= 0.3 is 0 Å². The summed E-state index contributed by atoms with van der Waals surface area (Å²) in [5.74, 6) is 0.695. The fourth-order valence-corrected chi connectivity index (χ4v) is 3.42. The zero-order valence-corrected chi connectivity index (χ0v) is 14.4. The zero-order chi connectivity index (χ0) is 15.2. The van der Waals surface area contributed by atoms with E-state index in [1.165, 1.54) is 12.8 Å². The molecule has 1 aliphatic heterocycles. The molecule has 0 amide bonds. The van der Waals surface area contributed by atoms with Crippen LogP contribution in [0.15, 0.2) is 16.6 Å². The van der Waals surface area contributed by atoms with Gasteiger partial charge in [-0.15, -0.1) is 0 Å². The van der Waals surface area contributed by atoms with E-state index in [9.17, 15) is 5.11 Å². The van der Waals surface area contributed by atoms with Crippen molar-refractivity contribution < 1.29 is 9.84 Å². The Morgan fingerprint density at radius 3 is 2.90 bits per heavy atom. The second kappa shape index (κ2) is 8.01. The molecule has 2 rings (SSSR count). The van der Waals surface area contributed by atoms with Crippen molar-refractivity contribution in [2.24, 2.45) is 0 Å². The third-order valence-corrected chi connectivity index (χ3v) is 4.60. The Hall–Kier alpha value is -0.780. The van der Waals surface area contributed by atoms with Crippen LogP contribution in [-0.2, 0) is 6.54 Å². The second-order valence-electron chi connectivity index (χ2n) is 5.60. The summed E-state index contributed by atoms with van der Waals surface area (Å²) in [6.07, 6.45) is 3.64. The van der Waals surface area contributed by atoms with Gasteiger partial charge < -0.3 is 15.2 Å². The van der Waals surface area contributed by atoms with Crippen LogP contribution in [0, 0.1) is 0 Å². The van der Waals surface area contributed by atoms with Gasteiger partial charge in [0.1, 0.15) is 0 Å². The van der Waals surface area contributed by atoms with E-state index < -0.39 is 0 Å². The number of hydrogen-bond acceptors (Lipinski definition) is 4. The quantitative estimate of drug-likeness (QED) is 0.821. The molecule has 1 aromatic rings. The van der Waals surface area contributed by atoms with E-state index in [2.05, 4.69) is 33.1 Å². The van der Waals surface area contributed by atoms with Crippen molar-refractivity contribution in [2.45, 2.75) is 38.8 Å². The van der Waals surface area contributed by atoms with Crippen LogP contribution in [0.4, 0.5) is 0 Å². The van der Waals surface area contributed by atoms with Gasteiger partial charge in [-0.25, -0.2) is 0 Å². The molecule has 118 valence electrons. The number of nitrogens with zero attached hydrogens (tertiary/aromatic N) is 1. The smallest absolute Gasteiger partial charge is 0.172 e. The van der Waals surface area contributed by atoms with Gasteiger partial charge in [-0.1, -0.05) is 6.92 Å². The SMILES string of the molecule is CCCN(Cc1cc(Br)c(O)c(OC)c1)C1CCCNC1. The van der Waals surface area contributed by atoms with Gasteiger partial charge in [-0.2, -0.15) is 0 Å². The Morgan fingerprint density at radius 1 is 1.48 bits per heavy atom. The molecule has 1 atom stereocenters.